The van der Waals surface area contributed by atoms with Gasteiger partial charge < -0.3 is 14.4 Å². The summed E-state index contributed by atoms with van der Waals surface area (Å²) in [6.45, 7) is 8.89. The minimum atomic E-state index is -3.43. The molecule has 0 bridgehead atoms. The Kier molecular flexibility index (Phi) is 7.19. The minimum absolute atomic E-state index is 0.0103. The minimum Gasteiger partial charge on any atom is -0.508 e. The van der Waals surface area contributed by atoms with Crippen LogP contribution >= 0.6 is 19.2 Å². The van der Waals surface area contributed by atoms with Crippen molar-refractivity contribution in [2.24, 2.45) is 0 Å². The van der Waals surface area contributed by atoms with Crippen molar-refractivity contribution in [2.45, 2.75) is 64.9 Å². The van der Waals surface area contributed by atoms with Gasteiger partial charge in [-0.1, -0.05) is 43.6 Å². The van der Waals surface area contributed by atoms with Crippen molar-refractivity contribution < 1.29 is 23.5 Å². The molecule has 0 saturated carbocycles. The topological polar surface area (TPSA) is 65.0 Å². The number of phenols is 1. The second-order valence-electron chi connectivity index (χ2n) is 10.8. The normalized spacial score (nSPS) is 22.6. The lowest BCUT2D eigenvalue weighted by atomic mass is 9.84. The van der Waals surface area contributed by atoms with Gasteiger partial charge in [0.15, 0.2) is 6.35 Å². The number of hydrogen-bond donors (Lipinski definition) is 1. The van der Waals surface area contributed by atoms with Crippen molar-refractivity contribution in [3.8, 4) is 11.5 Å². The molecule has 2 atom stereocenters. The van der Waals surface area contributed by atoms with E-state index in [0.717, 1.165) is 41.5 Å². The fourth-order valence-electron chi connectivity index (χ4n) is 5.69. The molecule has 196 valence electrons. The Labute approximate surface area is 224 Å². The lowest BCUT2D eigenvalue weighted by molar-refractivity contribution is 0.0725. The van der Waals surface area contributed by atoms with E-state index in [1.807, 2.05) is 36.4 Å². The molecule has 5 nitrogen and oxygen atoms in total. The Hall–Kier alpha value is -2.30. The highest BCUT2D eigenvalue weighted by molar-refractivity contribution is 7.53. The van der Waals surface area contributed by atoms with Crippen molar-refractivity contribution in [1.82, 2.24) is 0 Å². The summed E-state index contributed by atoms with van der Waals surface area (Å²) in [6, 6.07) is 15.3. The molecule has 37 heavy (non-hydrogen) atoms. The molecular formula is C30H34ClO5P. The van der Waals surface area contributed by atoms with E-state index in [0.29, 0.717) is 29.5 Å². The number of aromatic hydroxyl groups is 1. The molecule has 0 unspecified atom stereocenters. The first-order chi connectivity index (χ1) is 17.5. The molecule has 1 fully saturated rings. The molecule has 0 amide bonds. The van der Waals surface area contributed by atoms with E-state index in [2.05, 4.69) is 33.8 Å². The van der Waals surface area contributed by atoms with Crippen molar-refractivity contribution in [3.05, 3.63) is 92.5 Å². The molecule has 1 saturated heterocycles. The fraction of sp³-hybridized carbons (Fsp3) is 0.400. The van der Waals surface area contributed by atoms with Crippen LogP contribution in [0, 0.1) is 13.8 Å². The van der Waals surface area contributed by atoms with Gasteiger partial charge in [0.1, 0.15) is 11.5 Å². The van der Waals surface area contributed by atoms with Crippen LogP contribution in [0.3, 0.4) is 0 Å². The summed E-state index contributed by atoms with van der Waals surface area (Å²) in [5.74, 6) is 1.04. The molecule has 2 aliphatic rings. The molecule has 3 aromatic carbocycles. The molecule has 0 spiro atoms. The van der Waals surface area contributed by atoms with Gasteiger partial charge in [0.05, 0.1) is 12.7 Å². The van der Waals surface area contributed by atoms with Crippen molar-refractivity contribution >= 4 is 19.2 Å². The van der Waals surface area contributed by atoms with Crippen LogP contribution in [0.4, 0.5) is 0 Å². The lowest BCUT2D eigenvalue weighted by Crippen LogP contribution is -2.17. The van der Waals surface area contributed by atoms with Crippen LogP contribution in [0.25, 0.3) is 0 Å². The summed E-state index contributed by atoms with van der Waals surface area (Å²) in [6.07, 6.45) is 2.93. The Morgan fingerprint density at radius 1 is 1.14 bits per heavy atom. The molecule has 1 heterocycles. The SMILES string of the molecule is Cc1cc(OC[P@]2(=O)OCC[C@@H](c3cccc(Cl)c3)O2)cc(C)c1Cc1ccc(O)c2c1CCC2(C)C. The number of ether oxygens (including phenoxy) is 1. The standard InChI is InChI=1S/C30H34ClO5P/c1-19-14-24(34-18-37(33)35-13-11-28(36-37)22-6-5-7-23(31)16-22)15-20(2)26(19)17-21-8-9-27(32)29-25(21)10-12-30(29,3)4/h5-9,14-16,28,32H,10-13,17-18H2,1-4H3/t28-,37-/m0/s1. The third-order valence-electron chi connectivity index (χ3n) is 7.67. The third kappa shape index (κ3) is 5.47. The first-order valence-electron chi connectivity index (χ1n) is 12.8. The zero-order valence-electron chi connectivity index (χ0n) is 21.8. The van der Waals surface area contributed by atoms with Crippen LogP contribution in [0.15, 0.2) is 48.5 Å². The van der Waals surface area contributed by atoms with Crippen LogP contribution in [0.2, 0.25) is 5.02 Å². The highest BCUT2D eigenvalue weighted by Gasteiger charge is 2.36. The van der Waals surface area contributed by atoms with Crippen molar-refractivity contribution in [1.29, 1.82) is 0 Å². The molecule has 1 aliphatic carbocycles. The Bertz CT molecular complexity index is 1360. The zero-order valence-corrected chi connectivity index (χ0v) is 23.5. The molecule has 3 aromatic rings. The van der Waals surface area contributed by atoms with Crippen molar-refractivity contribution in [2.75, 3.05) is 13.0 Å². The average molecular weight is 541 g/mol. The Morgan fingerprint density at radius 2 is 1.89 bits per heavy atom. The van der Waals surface area contributed by atoms with E-state index in [-0.39, 0.29) is 17.9 Å². The largest absolute Gasteiger partial charge is 0.508 e. The fourth-order valence-corrected chi connectivity index (χ4v) is 7.39. The summed E-state index contributed by atoms with van der Waals surface area (Å²) in [4.78, 5) is 0. The van der Waals surface area contributed by atoms with Gasteiger partial charge in [-0.05, 0) is 102 Å². The van der Waals surface area contributed by atoms with Gasteiger partial charge in [-0.15, -0.1) is 0 Å². The second kappa shape index (κ2) is 10.1. The summed E-state index contributed by atoms with van der Waals surface area (Å²) in [5, 5.41) is 11.1. The van der Waals surface area contributed by atoms with Gasteiger partial charge in [-0.25, -0.2) is 0 Å². The first kappa shape index (κ1) is 26.3. The molecule has 1 aliphatic heterocycles. The molecule has 0 radical (unpaired) electrons. The van der Waals surface area contributed by atoms with Crippen LogP contribution < -0.4 is 4.74 Å². The highest BCUT2D eigenvalue weighted by Crippen LogP contribution is 2.56. The van der Waals surface area contributed by atoms with E-state index in [4.69, 9.17) is 25.4 Å². The molecular weight excluding hydrogens is 507 g/mol. The molecule has 7 heteroatoms. The highest BCUT2D eigenvalue weighted by atomic mass is 35.5. The lowest BCUT2D eigenvalue weighted by Gasteiger charge is -2.30. The van der Waals surface area contributed by atoms with Crippen molar-refractivity contribution in [3.63, 3.8) is 0 Å². The monoisotopic (exact) mass is 540 g/mol. The summed E-state index contributed by atoms with van der Waals surface area (Å²) in [5.41, 5.74) is 7.96. The maximum Gasteiger partial charge on any atom is 0.368 e. The summed E-state index contributed by atoms with van der Waals surface area (Å²) >= 11 is 6.13. The average Bonchev–Trinajstić information content (AvgIpc) is 3.17. The van der Waals surface area contributed by atoms with E-state index < -0.39 is 7.60 Å². The molecule has 0 aromatic heterocycles. The van der Waals surface area contributed by atoms with Crippen LogP contribution in [0.1, 0.15) is 71.7 Å². The van der Waals surface area contributed by atoms with Gasteiger partial charge in [0, 0.05) is 17.0 Å². The van der Waals surface area contributed by atoms with Gasteiger partial charge in [0.25, 0.3) is 0 Å². The Morgan fingerprint density at radius 3 is 2.62 bits per heavy atom. The summed E-state index contributed by atoms with van der Waals surface area (Å²) < 4.78 is 30.7. The van der Waals surface area contributed by atoms with E-state index >= 15 is 0 Å². The molecule has 1 N–H and O–H groups in total. The number of benzene rings is 3. The van der Waals surface area contributed by atoms with E-state index in [9.17, 15) is 9.67 Å². The van der Waals surface area contributed by atoms with Gasteiger partial charge in [0.2, 0.25) is 0 Å². The van der Waals surface area contributed by atoms with Gasteiger partial charge >= 0.3 is 7.60 Å². The smallest absolute Gasteiger partial charge is 0.368 e. The number of fused-ring (bicyclic) bond motifs is 1. The zero-order chi connectivity index (χ0) is 26.4. The van der Waals surface area contributed by atoms with Gasteiger partial charge in [-0.3, -0.25) is 9.09 Å². The van der Waals surface area contributed by atoms with Crippen LogP contribution in [-0.2, 0) is 31.9 Å². The van der Waals surface area contributed by atoms with Gasteiger partial charge in [-0.2, -0.15) is 0 Å². The third-order valence-corrected chi connectivity index (χ3v) is 9.50. The number of phenolic OH excluding ortho intramolecular Hbond substituents is 1. The molecule has 5 rings (SSSR count). The maximum atomic E-state index is 13.3. The first-order valence-corrected chi connectivity index (χ1v) is 14.9. The van der Waals surface area contributed by atoms with E-state index in [1.54, 1.807) is 6.07 Å². The number of hydrogen-bond acceptors (Lipinski definition) is 5. The number of rotatable bonds is 6. The predicted octanol–water partition coefficient (Wildman–Crippen LogP) is 8.18. The maximum absolute atomic E-state index is 13.3. The predicted molar refractivity (Wildman–Crippen MR) is 147 cm³/mol. The quantitative estimate of drug-likeness (QED) is 0.319. The second-order valence-corrected chi connectivity index (χ2v) is 13.2. The van der Waals surface area contributed by atoms with Crippen LogP contribution in [0.5, 0.6) is 11.5 Å². The number of halogens is 1. The van der Waals surface area contributed by atoms with Crippen LogP contribution in [-0.4, -0.2) is 18.1 Å². The summed E-state index contributed by atoms with van der Waals surface area (Å²) in [7, 11) is -3.43. The Balaban J connectivity index is 1.30. The van der Waals surface area contributed by atoms with E-state index in [1.165, 1.54) is 16.7 Å². The number of aryl methyl sites for hydroxylation is 2.